The Morgan fingerprint density at radius 1 is 1.48 bits per heavy atom. The highest BCUT2D eigenvalue weighted by molar-refractivity contribution is 5.91. The van der Waals surface area contributed by atoms with Crippen LogP contribution in [0.5, 0.6) is 5.75 Å². The van der Waals surface area contributed by atoms with Gasteiger partial charge in [-0.2, -0.15) is 0 Å². The number of amides is 2. The third-order valence-electron chi connectivity index (χ3n) is 4.17. The van der Waals surface area contributed by atoms with E-state index < -0.39 is 5.60 Å². The molecule has 2 N–H and O–H groups in total. The molecule has 1 aliphatic rings. The lowest BCUT2D eigenvalue weighted by atomic mass is 9.97. The summed E-state index contributed by atoms with van der Waals surface area (Å²) in [5.74, 6) is 0.694. The lowest BCUT2D eigenvalue weighted by molar-refractivity contribution is 0.0117. The normalized spacial score (nSPS) is 18.1. The number of benzene rings is 1. The Balaban J connectivity index is 2.13. The van der Waals surface area contributed by atoms with Crippen molar-refractivity contribution in [1.29, 1.82) is 0 Å². The number of rotatable bonds is 5. The Kier molecular flexibility index (Phi) is 5.52. The molecule has 0 saturated carbocycles. The molecular weight excluding hydrogens is 292 g/mol. The molecule has 1 saturated heterocycles. The minimum Gasteiger partial charge on any atom is -0.491 e. The number of hydrogen-bond acceptors (Lipinski definition) is 3. The van der Waals surface area contributed by atoms with Gasteiger partial charge in [-0.25, -0.2) is 4.79 Å². The van der Waals surface area contributed by atoms with Crippen molar-refractivity contribution in [2.24, 2.45) is 0 Å². The third-order valence-corrected chi connectivity index (χ3v) is 4.17. The van der Waals surface area contributed by atoms with E-state index in [4.69, 9.17) is 4.74 Å². The molecule has 0 aromatic heterocycles. The third kappa shape index (κ3) is 4.38. The summed E-state index contributed by atoms with van der Waals surface area (Å²) in [4.78, 5) is 14.4. The summed E-state index contributed by atoms with van der Waals surface area (Å²) < 4.78 is 5.74. The molecule has 1 heterocycles. The fourth-order valence-electron chi connectivity index (χ4n) is 3.00. The fourth-order valence-corrected chi connectivity index (χ4v) is 3.00. The summed E-state index contributed by atoms with van der Waals surface area (Å²) in [6, 6.07) is 5.41. The highest BCUT2D eigenvalue weighted by atomic mass is 16.5. The van der Waals surface area contributed by atoms with Crippen molar-refractivity contribution >= 4 is 11.7 Å². The zero-order chi connectivity index (χ0) is 17.0. The van der Waals surface area contributed by atoms with Crippen LogP contribution in [0.2, 0.25) is 0 Å². The van der Waals surface area contributed by atoms with Gasteiger partial charge in [0.2, 0.25) is 0 Å². The minimum absolute atomic E-state index is 0.159. The molecule has 2 amide bonds. The van der Waals surface area contributed by atoms with E-state index in [1.807, 2.05) is 32.0 Å². The molecule has 1 aromatic rings. The number of hydrogen-bond donors (Lipinski definition) is 2. The van der Waals surface area contributed by atoms with Gasteiger partial charge in [0.25, 0.3) is 0 Å². The van der Waals surface area contributed by atoms with Crippen molar-refractivity contribution in [1.82, 2.24) is 4.90 Å². The van der Waals surface area contributed by atoms with Crippen molar-refractivity contribution in [3.8, 4) is 5.75 Å². The topological polar surface area (TPSA) is 61.8 Å². The van der Waals surface area contributed by atoms with Crippen LogP contribution in [0.4, 0.5) is 10.5 Å². The first-order chi connectivity index (χ1) is 10.8. The maximum atomic E-state index is 12.6. The molecule has 1 atom stereocenters. The number of anilines is 1. The predicted octanol–water partition coefficient (Wildman–Crippen LogP) is 3.55. The van der Waals surface area contributed by atoms with Crippen molar-refractivity contribution in [3.05, 3.63) is 23.8 Å². The predicted molar refractivity (Wildman–Crippen MR) is 92.0 cm³/mol. The molecule has 1 unspecified atom stereocenters. The first kappa shape index (κ1) is 17.6. The molecule has 0 radical (unpaired) electrons. The van der Waals surface area contributed by atoms with E-state index in [0.717, 1.165) is 24.8 Å². The number of likely N-dealkylation sites (tertiary alicyclic amines) is 1. The Hall–Kier alpha value is -1.75. The molecule has 5 heteroatoms. The van der Waals surface area contributed by atoms with Crippen LogP contribution < -0.4 is 10.1 Å². The maximum absolute atomic E-state index is 12.6. The molecule has 1 aromatic carbocycles. The molecule has 23 heavy (non-hydrogen) atoms. The number of aryl methyl sites for hydroxylation is 1. The summed E-state index contributed by atoms with van der Waals surface area (Å²) in [5.41, 5.74) is 0.864. The second kappa shape index (κ2) is 7.21. The quantitative estimate of drug-likeness (QED) is 0.872. The second-order valence-electron chi connectivity index (χ2n) is 6.78. The van der Waals surface area contributed by atoms with Gasteiger partial charge >= 0.3 is 6.03 Å². The van der Waals surface area contributed by atoms with Crippen LogP contribution in [-0.2, 0) is 0 Å². The average Bonchev–Trinajstić information content (AvgIpc) is 2.97. The Labute approximate surface area is 138 Å². The zero-order valence-electron chi connectivity index (χ0n) is 14.6. The molecule has 1 aliphatic heterocycles. The van der Waals surface area contributed by atoms with Crippen molar-refractivity contribution in [2.45, 2.75) is 58.6 Å². The highest BCUT2D eigenvalue weighted by Crippen LogP contribution is 2.30. The number of nitrogens with one attached hydrogen (secondary N) is 1. The molecule has 5 nitrogen and oxygen atoms in total. The Morgan fingerprint density at radius 2 is 2.22 bits per heavy atom. The SMILES string of the molecule is CCCOc1cc(C)ccc1NC(=O)N1CCCC1C(C)(C)O. The molecule has 1 fully saturated rings. The van der Waals surface area contributed by atoms with Crippen LogP contribution in [0, 0.1) is 6.92 Å². The summed E-state index contributed by atoms with van der Waals surface area (Å²) in [7, 11) is 0. The molecule has 0 bridgehead atoms. The lowest BCUT2D eigenvalue weighted by Gasteiger charge is -2.33. The van der Waals surface area contributed by atoms with Crippen molar-refractivity contribution in [3.63, 3.8) is 0 Å². The van der Waals surface area contributed by atoms with Gasteiger partial charge in [0.15, 0.2) is 0 Å². The van der Waals surface area contributed by atoms with E-state index in [1.165, 1.54) is 0 Å². The van der Waals surface area contributed by atoms with E-state index >= 15 is 0 Å². The average molecular weight is 320 g/mol. The van der Waals surface area contributed by atoms with Crippen molar-refractivity contribution in [2.75, 3.05) is 18.5 Å². The van der Waals surface area contributed by atoms with Gasteiger partial charge in [0.05, 0.1) is 23.9 Å². The van der Waals surface area contributed by atoms with Gasteiger partial charge in [-0.15, -0.1) is 0 Å². The van der Waals surface area contributed by atoms with E-state index in [9.17, 15) is 9.90 Å². The first-order valence-electron chi connectivity index (χ1n) is 8.36. The highest BCUT2D eigenvalue weighted by Gasteiger charge is 2.38. The smallest absolute Gasteiger partial charge is 0.322 e. The molecule has 128 valence electrons. The van der Waals surface area contributed by atoms with Gasteiger partial charge in [-0.1, -0.05) is 13.0 Å². The number of nitrogens with zero attached hydrogens (tertiary/aromatic N) is 1. The summed E-state index contributed by atoms with van der Waals surface area (Å²) in [5, 5.41) is 13.2. The summed E-state index contributed by atoms with van der Waals surface area (Å²) >= 11 is 0. The van der Waals surface area contributed by atoms with Gasteiger partial charge in [-0.3, -0.25) is 0 Å². The van der Waals surface area contributed by atoms with E-state index in [1.54, 1.807) is 18.7 Å². The number of carbonyl (C=O) groups is 1. The summed E-state index contributed by atoms with van der Waals surface area (Å²) in [6.07, 6.45) is 2.65. The summed E-state index contributed by atoms with van der Waals surface area (Å²) in [6.45, 7) is 8.83. The maximum Gasteiger partial charge on any atom is 0.322 e. The number of ether oxygens (including phenoxy) is 1. The van der Waals surface area contributed by atoms with Gasteiger partial charge < -0.3 is 20.1 Å². The first-order valence-corrected chi connectivity index (χ1v) is 8.36. The lowest BCUT2D eigenvalue weighted by Crippen LogP contribution is -2.49. The van der Waals surface area contributed by atoms with Crippen LogP contribution in [0.3, 0.4) is 0 Å². The van der Waals surface area contributed by atoms with Crippen LogP contribution >= 0.6 is 0 Å². The van der Waals surface area contributed by atoms with Crippen LogP contribution in [0.15, 0.2) is 18.2 Å². The molecular formula is C18H28N2O3. The Morgan fingerprint density at radius 3 is 2.87 bits per heavy atom. The van der Waals surface area contributed by atoms with E-state index in [0.29, 0.717) is 24.6 Å². The number of urea groups is 1. The van der Waals surface area contributed by atoms with Crippen LogP contribution in [0.25, 0.3) is 0 Å². The molecule has 0 spiro atoms. The standard InChI is InChI=1S/C18H28N2O3/c1-5-11-23-15-12-13(2)8-9-14(15)19-17(21)20-10-6-7-16(20)18(3,4)22/h8-9,12,16,22H,5-7,10-11H2,1-4H3,(H,19,21). The number of aliphatic hydroxyl groups is 1. The van der Waals surface area contributed by atoms with Gasteiger partial charge in [0.1, 0.15) is 5.75 Å². The molecule has 2 rings (SSSR count). The molecule has 0 aliphatic carbocycles. The van der Waals surface area contributed by atoms with Gasteiger partial charge in [-0.05, 0) is 57.7 Å². The second-order valence-corrected chi connectivity index (χ2v) is 6.78. The van der Waals surface area contributed by atoms with Crippen molar-refractivity contribution < 1.29 is 14.6 Å². The zero-order valence-corrected chi connectivity index (χ0v) is 14.6. The Bertz CT molecular complexity index is 552. The largest absolute Gasteiger partial charge is 0.491 e. The van der Waals surface area contributed by atoms with Gasteiger partial charge in [0, 0.05) is 6.54 Å². The van der Waals surface area contributed by atoms with Crippen LogP contribution in [0.1, 0.15) is 45.6 Å². The number of carbonyl (C=O) groups excluding carboxylic acids is 1. The van der Waals surface area contributed by atoms with Crippen LogP contribution in [-0.4, -0.2) is 40.8 Å². The minimum atomic E-state index is -0.900. The fraction of sp³-hybridized carbons (Fsp3) is 0.611. The van der Waals surface area contributed by atoms with E-state index in [-0.39, 0.29) is 12.1 Å². The van der Waals surface area contributed by atoms with E-state index in [2.05, 4.69) is 5.32 Å². The monoisotopic (exact) mass is 320 g/mol.